The topological polar surface area (TPSA) is 47.6 Å². The number of nitrogens with zero attached hydrogens (tertiary/aromatic N) is 2. The normalized spacial score (nSPS) is 28.7. The number of hydrogen-bond donors (Lipinski definition) is 0. The van der Waals surface area contributed by atoms with Crippen LogP contribution in [-0.2, 0) is 0 Å². The lowest BCUT2D eigenvalue weighted by Crippen LogP contribution is -2.29. The fourth-order valence-corrected chi connectivity index (χ4v) is 2.30. The summed E-state index contributed by atoms with van der Waals surface area (Å²) in [6, 6.07) is 4.66. The molecule has 0 fully saturated rings. The van der Waals surface area contributed by atoms with Crippen LogP contribution in [0.1, 0.15) is 40.0 Å². The van der Waals surface area contributed by atoms with Gasteiger partial charge < -0.3 is 0 Å². The molecule has 0 amide bonds. The quantitative estimate of drug-likeness (QED) is 0.718. The van der Waals surface area contributed by atoms with E-state index < -0.39 is 5.41 Å². The Hall–Kier alpha value is -1.54. The zero-order valence-corrected chi connectivity index (χ0v) is 10.2. The monoisotopic (exact) mass is 214 g/mol. The van der Waals surface area contributed by atoms with Crippen LogP contribution in [0.5, 0.6) is 0 Å². The van der Waals surface area contributed by atoms with Gasteiger partial charge in [-0.1, -0.05) is 44.1 Å². The van der Waals surface area contributed by atoms with Gasteiger partial charge in [-0.15, -0.1) is 0 Å². The van der Waals surface area contributed by atoms with E-state index in [1.807, 2.05) is 19.9 Å². The van der Waals surface area contributed by atoms with E-state index in [1.165, 1.54) is 5.57 Å². The van der Waals surface area contributed by atoms with E-state index in [9.17, 15) is 10.5 Å². The third-order valence-corrected chi connectivity index (χ3v) is 3.44. The second-order valence-electron chi connectivity index (χ2n) is 4.21. The Morgan fingerprint density at radius 2 is 1.94 bits per heavy atom. The van der Waals surface area contributed by atoms with Crippen LogP contribution < -0.4 is 0 Å². The van der Waals surface area contributed by atoms with Gasteiger partial charge in [0.25, 0.3) is 0 Å². The maximum absolute atomic E-state index is 9.40. The molecule has 16 heavy (non-hydrogen) atoms. The van der Waals surface area contributed by atoms with Crippen LogP contribution in [0.2, 0.25) is 0 Å². The molecular formula is C14H18N2. The van der Waals surface area contributed by atoms with E-state index in [4.69, 9.17) is 0 Å². The summed E-state index contributed by atoms with van der Waals surface area (Å²) in [6.45, 7) is 6.11. The average Bonchev–Trinajstić information content (AvgIpc) is 2.36. The van der Waals surface area contributed by atoms with E-state index in [1.54, 1.807) is 0 Å². The Kier molecular flexibility index (Phi) is 3.91. The van der Waals surface area contributed by atoms with Crippen molar-refractivity contribution in [3.8, 4) is 12.1 Å². The molecule has 1 aliphatic carbocycles. The number of rotatable bonds is 3. The van der Waals surface area contributed by atoms with Crippen LogP contribution in [-0.4, -0.2) is 0 Å². The van der Waals surface area contributed by atoms with Crippen LogP contribution in [0.4, 0.5) is 0 Å². The molecule has 0 radical (unpaired) electrons. The van der Waals surface area contributed by atoms with Gasteiger partial charge in [0.1, 0.15) is 0 Å². The van der Waals surface area contributed by atoms with Crippen molar-refractivity contribution in [1.82, 2.24) is 0 Å². The fraction of sp³-hybridized carbons (Fsp3) is 0.571. The summed E-state index contributed by atoms with van der Waals surface area (Å²) >= 11 is 0. The number of allylic oxidation sites excluding steroid dienone is 4. The summed E-state index contributed by atoms with van der Waals surface area (Å²) in [5.74, 6) is -0.275. The predicted molar refractivity (Wildman–Crippen MR) is 64.2 cm³/mol. The third kappa shape index (κ3) is 1.89. The molecule has 1 aliphatic rings. The molecule has 0 bridgehead atoms. The minimum Gasteiger partial charge on any atom is -0.198 e. The van der Waals surface area contributed by atoms with E-state index in [2.05, 4.69) is 25.1 Å². The Morgan fingerprint density at radius 3 is 2.31 bits per heavy atom. The molecule has 0 spiro atoms. The lowest BCUT2D eigenvalue weighted by molar-refractivity contribution is 0.390. The molecule has 2 unspecified atom stereocenters. The van der Waals surface area contributed by atoms with Crippen LogP contribution in [0, 0.1) is 34.0 Å². The van der Waals surface area contributed by atoms with Crippen LogP contribution in [0.3, 0.4) is 0 Å². The molecule has 84 valence electrons. The molecule has 2 heteroatoms. The van der Waals surface area contributed by atoms with Gasteiger partial charge in [-0.3, -0.25) is 0 Å². The van der Waals surface area contributed by atoms with Crippen molar-refractivity contribution in [1.29, 1.82) is 10.5 Å². The molecular weight excluding hydrogens is 196 g/mol. The Bertz CT molecular complexity index is 403. The summed E-state index contributed by atoms with van der Waals surface area (Å²) in [4.78, 5) is 0. The molecule has 0 saturated carbocycles. The summed E-state index contributed by atoms with van der Waals surface area (Å²) < 4.78 is 0. The molecule has 0 saturated heterocycles. The maximum atomic E-state index is 9.40. The first-order chi connectivity index (χ1) is 7.67. The van der Waals surface area contributed by atoms with Crippen molar-refractivity contribution in [2.45, 2.75) is 40.0 Å². The van der Waals surface area contributed by atoms with E-state index in [-0.39, 0.29) is 5.92 Å². The summed E-state index contributed by atoms with van der Waals surface area (Å²) in [5.41, 5.74) is 1.68. The Labute approximate surface area is 97.9 Å². The molecule has 0 N–H and O–H groups in total. The first kappa shape index (κ1) is 12.5. The SMILES string of the molecule is CCC1=CC(C#N)(CC)C(C#N)C(CC)=C1. The average molecular weight is 214 g/mol. The standard InChI is InChI=1S/C14H18N2/c1-4-11-7-12(5-2)13(9-15)14(6-3,8-11)10-16/h7-8,13H,4-6H2,1-3H3. The van der Waals surface area contributed by atoms with Gasteiger partial charge in [0.05, 0.1) is 23.5 Å². The highest BCUT2D eigenvalue weighted by molar-refractivity contribution is 5.41. The van der Waals surface area contributed by atoms with Gasteiger partial charge in [-0.2, -0.15) is 10.5 Å². The summed E-state index contributed by atoms with van der Waals surface area (Å²) in [7, 11) is 0. The number of hydrogen-bond acceptors (Lipinski definition) is 2. The smallest absolute Gasteiger partial charge is 0.0952 e. The van der Waals surface area contributed by atoms with Crippen molar-refractivity contribution >= 4 is 0 Å². The Balaban J connectivity index is 3.30. The van der Waals surface area contributed by atoms with Gasteiger partial charge in [0, 0.05) is 0 Å². The van der Waals surface area contributed by atoms with Crippen LogP contribution in [0.15, 0.2) is 23.3 Å². The van der Waals surface area contributed by atoms with Crippen molar-refractivity contribution in [2.75, 3.05) is 0 Å². The van der Waals surface area contributed by atoms with Crippen molar-refractivity contribution in [3.63, 3.8) is 0 Å². The lowest BCUT2D eigenvalue weighted by atomic mass is 9.67. The first-order valence-corrected chi connectivity index (χ1v) is 5.90. The van der Waals surface area contributed by atoms with E-state index >= 15 is 0 Å². The minimum atomic E-state index is -0.611. The van der Waals surface area contributed by atoms with Gasteiger partial charge >= 0.3 is 0 Å². The van der Waals surface area contributed by atoms with Gasteiger partial charge in [0.2, 0.25) is 0 Å². The molecule has 1 rings (SSSR count). The van der Waals surface area contributed by atoms with E-state index in [0.717, 1.165) is 18.4 Å². The number of nitriles is 2. The fourth-order valence-electron chi connectivity index (χ4n) is 2.30. The zero-order valence-electron chi connectivity index (χ0n) is 10.2. The minimum absolute atomic E-state index is 0.275. The highest BCUT2D eigenvalue weighted by Gasteiger charge is 2.40. The van der Waals surface area contributed by atoms with Gasteiger partial charge in [0.15, 0.2) is 0 Å². The highest BCUT2D eigenvalue weighted by Crippen LogP contribution is 2.43. The molecule has 0 aromatic heterocycles. The second kappa shape index (κ2) is 4.99. The van der Waals surface area contributed by atoms with Crippen molar-refractivity contribution in [2.24, 2.45) is 11.3 Å². The Morgan fingerprint density at radius 1 is 1.25 bits per heavy atom. The predicted octanol–water partition coefficient (Wildman–Crippen LogP) is 3.73. The van der Waals surface area contributed by atoms with Crippen LogP contribution in [0.25, 0.3) is 0 Å². The molecule has 2 atom stereocenters. The second-order valence-corrected chi connectivity index (χ2v) is 4.21. The van der Waals surface area contributed by atoms with E-state index in [0.29, 0.717) is 6.42 Å². The lowest BCUT2D eigenvalue weighted by Gasteiger charge is -2.32. The maximum Gasteiger partial charge on any atom is 0.0952 e. The largest absolute Gasteiger partial charge is 0.198 e. The van der Waals surface area contributed by atoms with Gasteiger partial charge in [-0.25, -0.2) is 0 Å². The zero-order chi connectivity index (χ0) is 12.2. The molecule has 0 aliphatic heterocycles. The third-order valence-electron chi connectivity index (χ3n) is 3.44. The molecule has 2 nitrogen and oxygen atoms in total. The van der Waals surface area contributed by atoms with Crippen molar-refractivity contribution < 1.29 is 0 Å². The summed E-state index contributed by atoms with van der Waals surface area (Å²) in [5, 5.41) is 18.7. The summed E-state index contributed by atoms with van der Waals surface area (Å²) in [6.07, 6.45) is 6.56. The highest BCUT2D eigenvalue weighted by atomic mass is 14.5. The molecule has 0 aromatic carbocycles. The van der Waals surface area contributed by atoms with Gasteiger partial charge in [-0.05, 0) is 19.3 Å². The first-order valence-electron chi connectivity index (χ1n) is 5.90. The van der Waals surface area contributed by atoms with Crippen molar-refractivity contribution in [3.05, 3.63) is 23.3 Å². The van der Waals surface area contributed by atoms with Crippen LogP contribution >= 0.6 is 0 Å². The molecule has 0 heterocycles. The molecule has 0 aromatic rings.